The summed E-state index contributed by atoms with van der Waals surface area (Å²) >= 11 is 0. The third kappa shape index (κ3) is 4.25. The summed E-state index contributed by atoms with van der Waals surface area (Å²) in [6, 6.07) is 3.05. The molecule has 3 rings (SSSR count). The Bertz CT molecular complexity index is 889. The highest BCUT2D eigenvalue weighted by atomic mass is 16.6. The lowest BCUT2D eigenvalue weighted by Crippen LogP contribution is -2.58. The van der Waals surface area contributed by atoms with E-state index in [9.17, 15) is 14.4 Å². The van der Waals surface area contributed by atoms with E-state index in [-0.39, 0.29) is 30.9 Å². The Morgan fingerprint density at radius 1 is 1.32 bits per heavy atom. The van der Waals surface area contributed by atoms with Crippen LogP contribution in [0.5, 0.6) is 5.75 Å². The van der Waals surface area contributed by atoms with Gasteiger partial charge in [0.1, 0.15) is 31.0 Å². The molecule has 9 heteroatoms. The number of quaternary nitrogens is 1. The number of piperidine rings is 1. The lowest BCUT2D eigenvalue weighted by atomic mass is 10.1. The number of hydrogen-bond acceptors (Lipinski definition) is 7. The first-order chi connectivity index (χ1) is 13.4. The summed E-state index contributed by atoms with van der Waals surface area (Å²) in [6.07, 6.45) is 7.77. The molecule has 2 aromatic rings. The number of imide groups is 1. The Morgan fingerprint density at radius 3 is 2.64 bits per heavy atom. The summed E-state index contributed by atoms with van der Waals surface area (Å²) in [5.74, 6) is 0.846. The third-order valence-electron chi connectivity index (χ3n) is 4.52. The largest absolute Gasteiger partial charge is 0.524 e. The lowest BCUT2D eigenvalue weighted by molar-refractivity contribution is -0.773. The van der Waals surface area contributed by atoms with Crippen molar-refractivity contribution in [2.75, 3.05) is 13.1 Å². The summed E-state index contributed by atoms with van der Waals surface area (Å²) in [5, 5.41) is 0. The lowest BCUT2D eigenvalue weighted by Gasteiger charge is -2.34. The highest BCUT2D eigenvalue weighted by Crippen LogP contribution is 2.23. The van der Waals surface area contributed by atoms with Crippen LogP contribution in [0, 0.1) is 0 Å². The van der Waals surface area contributed by atoms with Gasteiger partial charge in [-0.1, -0.05) is 0 Å². The number of amides is 2. The van der Waals surface area contributed by atoms with Crippen molar-refractivity contribution in [2.24, 2.45) is 0 Å². The molecule has 1 aliphatic heterocycles. The van der Waals surface area contributed by atoms with E-state index in [4.69, 9.17) is 9.47 Å². The average molecular weight is 386 g/mol. The molecule has 0 aliphatic carbocycles. The van der Waals surface area contributed by atoms with Gasteiger partial charge in [0.05, 0.1) is 6.20 Å². The first-order valence-corrected chi connectivity index (χ1v) is 9.07. The van der Waals surface area contributed by atoms with Crippen LogP contribution in [0.25, 0.3) is 5.82 Å². The molecule has 3 heterocycles. The Morgan fingerprint density at radius 2 is 2.07 bits per heavy atom. The van der Waals surface area contributed by atoms with Crippen molar-refractivity contribution in [3.63, 3.8) is 0 Å². The van der Waals surface area contributed by atoms with Crippen molar-refractivity contribution in [1.82, 2.24) is 14.5 Å². The molecule has 0 bridgehead atoms. The molecule has 0 saturated carbocycles. The zero-order chi connectivity index (χ0) is 20.1. The molecule has 28 heavy (non-hydrogen) atoms. The maximum absolute atomic E-state index is 12.3. The second kappa shape index (κ2) is 8.30. The van der Waals surface area contributed by atoms with Gasteiger partial charge >= 0.3 is 12.5 Å². The maximum atomic E-state index is 12.3. The molecule has 147 valence electrons. The summed E-state index contributed by atoms with van der Waals surface area (Å²) in [4.78, 5) is 44.0. The van der Waals surface area contributed by atoms with Crippen LogP contribution in [-0.2, 0) is 9.53 Å². The number of hydrogen-bond donors (Lipinski definition) is 0. The van der Waals surface area contributed by atoms with Crippen LogP contribution in [0.3, 0.4) is 0 Å². The van der Waals surface area contributed by atoms with Crippen molar-refractivity contribution in [1.29, 1.82) is 0 Å². The van der Waals surface area contributed by atoms with E-state index >= 15 is 0 Å². The standard InChI is InChI=1S/C19H22N4O5/c1-14(2)27-19(26)23(13-24)9-4-15(5-10-23)28-16-3-8-22(18(25)11-16)17-12-20-6-7-21-17/h3,6-8,11-12,14-15H,4-5,9-10H2,1-2H3/q+1. The third-order valence-corrected chi connectivity index (χ3v) is 4.52. The van der Waals surface area contributed by atoms with Gasteiger partial charge in [-0.05, 0) is 19.9 Å². The Kier molecular flexibility index (Phi) is 5.84. The Balaban J connectivity index is 1.65. The molecule has 9 nitrogen and oxygen atoms in total. The molecule has 1 fully saturated rings. The minimum atomic E-state index is -0.588. The molecule has 0 unspecified atom stereocenters. The second-order valence-electron chi connectivity index (χ2n) is 6.89. The van der Waals surface area contributed by atoms with Gasteiger partial charge in [-0.25, -0.2) is 9.78 Å². The fraction of sp³-hybridized carbons (Fsp3) is 0.421. The van der Waals surface area contributed by atoms with Crippen LogP contribution in [0.1, 0.15) is 26.7 Å². The number of carbonyl (C=O) groups excluding carboxylic acids is 2. The van der Waals surface area contributed by atoms with Gasteiger partial charge < -0.3 is 9.47 Å². The van der Waals surface area contributed by atoms with Gasteiger partial charge in [0, 0.05) is 37.5 Å². The minimum Gasteiger partial charge on any atom is -0.490 e. The topological polar surface area (TPSA) is 100 Å². The van der Waals surface area contributed by atoms with Crippen LogP contribution in [0.15, 0.2) is 41.7 Å². The van der Waals surface area contributed by atoms with Crippen LogP contribution < -0.4 is 10.3 Å². The molecule has 0 N–H and O–H groups in total. The molecular weight excluding hydrogens is 364 g/mol. The van der Waals surface area contributed by atoms with Crippen molar-refractivity contribution in [2.45, 2.75) is 38.9 Å². The molecule has 0 aromatic carbocycles. The number of ether oxygens (including phenoxy) is 2. The van der Waals surface area contributed by atoms with Crippen LogP contribution in [-0.4, -0.2) is 56.8 Å². The highest BCUT2D eigenvalue weighted by molar-refractivity contribution is 5.69. The van der Waals surface area contributed by atoms with Crippen LogP contribution >= 0.6 is 0 Å². The molecule has 1 radical (unpaired) electrons. The fourth-order valence-corrected chi connectivity index (χ4v) is 3.05. The SMILES string of the molecule is CC(C)OC(=O)[N+]1([C]=O)CCC(Oc2ccn(-c3cnccn3)c(=O)c2)CC1. The van der Waals surface area contributed by atoms with Gasteiger partial charge in [0.2, 0.25) is 0 Å². The first-order valence-electron chi connectivity index (χ1n) is 9.07. The summed E-state index contributed by atoms with van der Waals surface area (Å²) in [6.45, 7) is 3.96. The number of pyridine rings is 1. The van der Waals surface area contributed by atoms with E-state index < -0.39 is 10.6 Å². The Hall–Kier alpha value is -3.07. The van der Waals surface area contributed by atoms with Gasteiger partial charge in [0.25, 0.3) is 5.56 Å². The highest BCUT2D eigenvalue weighted by Gasteiger charge is 2.45. The molecule has 2 amide bonds. The number of aromatic nitrogens is 3. The average Bonchev–Trinajstić information content (AvgIpc) is 2.69. The van der Waals surface area contributed by atoms with Crippen molar-refractivity contribution in [3.8, 4) is 11.6 Å². The second-order valence-corrected chi connectivity index (χ2v) is 6.89. The molecule has 0 spiro atoms. The van der Waals surface area contributed by atoms with Gasteiger partial charge in [-0.3, -0.25) is 14.3 Å². The normalized spacial score (nSPS) is 21.9. The monoisotopic (exact) mass is 386 g/mol. The maximum Gasteiger partial charge on any atom is 0.524 e. The molecule has 0 atom stereocenters. The predicted molar refractivity (Wildman–Crippen MR) is 98.6 cm³/mol. The van der Waals surface area contributed by atoms with E-state index in [1.807, 2.05) is 6.41 Å². The van der Waals surface area contributed by atoms with E-state index in [1.54, 1.807) is 26.1 Å². The zero-order valence-electron chi connectivity index (χ0n) is 15.8. The number of carbonyl (C=O) groups is 1. The van der Waals surface area contributed by atoms with E-state index in [0.717, 1.165) is 0 Å². The number of likely N-dealkylation sites (tertiary alicyclic amines) is 1. The quantitative estimate of drug-likeness (QED) is 0.720. The first kappa shape index (κ1) is 19.7. The number of nitrogens with zero attached hydrogens (tertiary/aromatic N) is 4. The molecule has 1 aliphatic rings. The summed E-state index contributed by atoms with van der Waals surface area (Å²) in [5.41, 5.74) is -0.291. The summed E-state index contributed by atoms with van der Waals surface area (Å²) < 4.78 is 12.0. The summed E-state index contributed by atoms with van der Waals surface area (Å²) in [7, 11) is 0. The van der Waals surface area contributed by atoms with Gasteiger partial charge in [-0.2, -0.15) is 4.79 Å². The van der Waals surface area contributed by atoms with Gasteiger partial charge in [-0.15, -0.1) is 4.48 Å². The molecule has 2 aromatic heterocycles. The van der Waals surface area contributed by atoms with Crippen LogP contribution in [0.4, 0.5) is 4.79 Å². The van der Waals surface area contributed by atoms with E-state index in [2.05, 4.69) is 9.97 Å². The molecule has 1 saturated heterocycles. The fourth-order valence-electron chi connectivity index (χ4n) is 3.05. The Labute approximate surface area is 162 Å². The zero-order valence-corrected chi connectivity index (χ0v) is 15.8. The van der Waals surface area contributed by atoms with Gasteiger partial charge in [0.15, 0.2) is 5.82 Å². The molecular formula is C19H22N4O5+. The van der Waals surface area contributed by atoms with Crippen molar-refractivity contribution >= 4 is 12.5 Å². The van der Waals surface area contributed by atoms with Crippen molar-refractivity contribution in [3.05, 3.63) is 47.3 Å². The van der Waals surface area contributed by atoms with Crippen LogP contribution in [0.2, 0.25) is 0 Å². The smallest absolute Gasteiger partial charge is 0.490 e. The van der Waals surface area contributed by atoms with E-state index in [0.29, 0.717) is 24.4 Å². The minimum absolute atomic E-state index is 0.210. The predicted octanol–water partition coefficient (Wildman–Crippen LogP) is 1.60. The van der Waals surface area contributed by atoms with Crippen molar-refractivity contribution < 1.29 is 23.5 Å². The number of rotatable bonds is 5. The van der Waals surface area contributed by atoms with E-state index in [1.165, 1.54) is 29.2 Å².